The second-order valence-corrected chi connectivity index (χ2v) is 8.09. The van der Waals surface area contributed by atoms with Crippen LogP contribution in [-0.4, -0.2) is 35.5 Å². The first-order valence-electron chi connectivity index (χ1n) is 8.31. The maximum atomic E-state index is 12.2. The van der Waals surface area contributed by atoms with Crippen molar-refractivity contribution in [3.05, 3.63) is 0 Å². The van der Waals surface area contributed by atoms with E-state index in [0.717, 1.165) is 11.7 Å². The number of piperidine rings is 1. The number of thioether (sulfide) groups is 1. The number of amides is 1. The molecule has 3 aliphatic rings. The summed E-state index contributed by atoms with van der Waals surface area (Å²) in [5.41, 5.74) is 0. The molecule has 0 radical (unpaired) electrons. The Morgan fingerprint density at radius 2 is 1.75 bits per heavy atom. The van der Waals surface area contributed by atoms with Crippen LogP contribution < -0.4 is 10.6 Å². The van der Waals surface area contributed by atoms with Gasteiger partial charge in [-0.1, -0.05) is 0 Å². The maximum absolute atomic E-state index is 12.2. The molecule has 2 saturated heterocycles. The van der Waals surface area contributed by atoms with Gasteiger partial charge in [0.1, 0.15) is 0 Å². The molecule has 2 heterocycles. The quantitative estimate of drug-likeness (QED) is 0.838. The van der Waals surface area contributed by atoms with E-state index in [1.54, 1.807) is 0 Å². The summed E-state index contributed by atoms with van der Waals surface area (Å²) in [5.74, 6) is 0.931. The van der Waals surface area contributed by atoms with Crippen LogP contribution in [0.3, 0.4) is 0 Å². The van der Waals surface area contributed by atoms with E-state index in [-0.39, 0.29) is 0 Å². The first kappa shape index (κ1) is 14.7. The van der Waals surface area contributed by atoms with Crippen molar-refractivity contribution in [2.45, 2.75) is 81.2 Å². The van der Waals surface area contributed by atoms with Gasteiger partial charge in [-0.05, 0) is 63.5 Å². The summed E-state index contributed by atoms with van der Waals surface area (Å²) < 4.78 is 0. The fourth-order valence-corrected chi connectivity index (χ4v) is 5.08. The number of rotatable bonds is 4. The van der Waals surface area contributed by atoms with Gasteiger partial charge >= 0.3 is 0 Å². The van der Waals surface area contributed by atoms with Crippen LogP contribution in [0.4, 0.5) is 0 Å². The van der Waals surface area contributed by atoms with E-state index in [9.17, 15) is 4.79 Å². The lowest BCUT2D eigenvalue weighted by Crippen LogP contribution is -2.42. The molecule has 20 heavy (non-hydrogen) atoms. The van der Waals surface area contributed by atoms with Crippen molar-refractivity contribution in [2.75, 3.05) is 6.26 Å². The molecule has 2 bridgehead atoms. The molecule has 0 spiro atoms. The SMILES string of the molecule is CSC1CCC(NC(=O)CC2CC3CCC(C2)N3)CC1. The lowest BCUT2D eigenvalue weighted by molar-refractivity contribution is -0.123. The van der Waals surface area contributed by atoms with E-state index in [1.165, 1.54) is 51.4 Å². The van der Waals surface area contributed by atoms with Gasteiger partial charge in [0.2, 0.25) is 5.91 Å². The van der Waals surface area contributed by atoms with E-state index < -0.39 is 0 Å². The highest BCUT2D eigenvalue weighted by atomic mass is 32.2. The van der Waals surface area contributed by atoms with Gasteiger partial charge in [-0.2, -0.15) is 11.8 Å². The van der Waals surface area contributed by atoms with Crippen molar-refractivity contribution < 1.29 is 4.79 Å². The van der Waals surface area contributed by atoms with Crippen molar-refractivity contribution in [1.29, 1.82) is 0 Å². The Balaban J connectivity index is 1.39. The number of carbonyl (C=O) groups excluding carboxylic acids is 1. The van der Waals surface area contributed by atoms with Gasteiger partial charge < -0.3 is 10.6 Å². The molecule has 3 nitrogen and oxygen atoms in total. The zero-order valence-corrected chi connectivity index (χ0v) is 13.4. The molecule has 3 rings (SSSR count). The Morgan fingerprint density at radius 3 is 2.35 bits per heavy atom. The largest absolute Gasteiger partial charge is 0.353 e. The van der Waals surface area contributed by atoms with E-state index in [1.807, 2.05) is 11.8 Å². The molecule has 0 aromatic rings. The third kappa shape index (κ3) is 3.70. The first-order valence-corrected chi connectivity index (χ1v) is 9.60. The highest BCUT2D eigenvalue weighted by molar-refractivity contribution is 7.99. The van der Waals surface area contributed by atoms with Gasteiger partial charge in [0.25, 0.3) is 0 Å². The summed E-state index contributed by atoms with van der Waals surface area (Å²) in [5, 5.41) is 7.77. The smallest absolute Gasteiger partial charge is 0.220 e. The van der Waals surface area contributed by atoms with Crippen LogP contribution in [0.2, 0.25) is 0 Å². The molecule has 2 N–H and O–H groups in total. The second kappa shape index (κ2) is 6.69. The van der Waals surface area contributed by atoms with E-state index in [0.29, 0.717) is 30.0 Å². The minimum atomic E-state index is 0.309. The summed E-state index contributed by atoms with van der Waals surface area (Å²) in [4.78, 5) is 12.2. The van der Waals surface area contributed by atoms with Crippen molar-refractivity contribution in [3.8, 4) is 0 Å². The molecular formula is C16H28N2OS. The molecule has 2 atom stereocenters. The van der Waals surface area contributed by atoms with Gasteiger partial charge in [0.15, 0.2) is 0 Å². The topological polar surface area (TPSA) is 41.1 Å². The molecule has 3 fully saturated rings. The van der Waals surface area contributed by atoms with Crippen LogP contribution in [0.25, 0.3) is 0 Å². The van der Waals surface area contributed by atoms with E-state index in [4.69, 9.17) is 0 Å². The van der Waals surface area contributed by atoms with Gasteiger partial charge in [-0.25, -0.2) is 0 Å². The number of hydrogen-bond acceptors (Lipinski definition) is 3. The molecule has 4 heteroatoms. The van der Waals surface area contributed by atoms with Crippen LogP contribution >= 0.6 is 11.8 Å². The van der Waals surface area contributed by atoms with Crippen LogP contribution in [-0.2, 0) is 4.79 Å². The van der Waals surface area contributed by atoms with Crippen LogP contribution in [0.1, 0.15) is 57.8 Å². The predicted octanol–water partition coefficient (Wildman–Crippen LogP) is 2.70. The first-order chi connectivity index (χ1) is 9.72. The molecule has 114 valence electrons. The maximum Gasteiger partial charge on any atom is 0.220 e. The van der Waals surface area contributed by atoms with E-state index >= 15 is 0 Å². The van der Waals surface area contributed by atoms with Crippen molar-refractivity contribution >= 4 is 17.7 Å². The minimum Gasteiger partial charge on any atom is -0.353 e. The van der Waals surface area contributed by atoms with Crippen molar-refractivity contribution in [2.24, 2.45) is 5.92 Å². The Morgan fingerprint density at radius 1 is 1.10 bits per heavy atom. The van der Waals surface area contributed by atoms with Crippen LogP contribution in [0, 0.1) is 5.92 Å². The van der Waals surface area contributed by atoms with Gasteiger partial charge in [-0.3, -0.25) is 4.79 Å². The Hall–Kier alpha value is -0.220. The average Bonchev–Trinajstić information content (AvgIpc) is 2.78. The molecule has 2 unspecified atom stereocenters. The third-order valence-corrected chi connectivity index (χ3v) is 6.56. The summed E-state index contributed by atoms with van der Waals surface area (Å²) in [6.45, 7) is 0. The summed E-state index contributed by atoms with van der Waals surface area (Å²) in [6, 6.07) is 1.84. The highest BCUT2D eigenvalue weighted by Crippen LogP contribution is 2.33. The molecule has 0 aromatic carbocycles. The lowest BCUT2D eigenvalue weighted by atomic mass is 9.89. The summed E-state index contributed by atoms with van der Waals surface area (Å²) in [7, 11) is 0. The molecule has 1 amide bonds. The molecular weight excluding hydrogens is 268 g/mol. The van der Waals surface area contributed by atoms with Crippen molar-refractivity contribution in [1.82, 2.24) is 10.6 Å². The van der Waals surface area contributed by atoms with E-state index in [2.05, 4.69) is 16.9 Å². The fourth-order valence-electron chi connectivity index (χ4n) is 4.33. The standard InChI is InChI=1S/C16H28N2OS/c1-20-15-6-4-12(5-7-15)18-16(19)10-11-8-13-2-3-14(9-11)17-13/h11-15,17H,2-10H2,1H3,(H,18,19). The molecule has 1 saturated carbocycles. The molecule has 1 aliphatic carbocycles. The summed E-state index contributed by atoms with van der Waals surface area (Å²) in [6.07, 6.45) is 12.9. The second-order valence-electron chi connectivity index (χ2n) is 6.96. The Kier molecular flexibility index (Phi) is 4.92. The fraction of sp³-hybridized carbons (Fsp3) is 0.938. The van der Waals surface area contributed by atoms with Gasteiger partial charge in [0.05, 0.1) is 0 Å². The minimum absolute atomic E-state index is 0.309. The number of hydrogen-bond donors (Lipinski definition) is 2. The van der Waals surface area contributed by atoms with Gasteiger partial charge in [0, 0.05) is 29.8 Å². The zero-order valence-electron chi connectivity index (χ0n) is 12.6. The number of nitrogens with one attached hydrogen (secondary N) is 2. The third-order valence-electron chi connectivity index (χ3n) is 5.42. The molecule has 0 aromatic heterocycles. The predicted molar refractivity (Wildman–Crippen MR) is 85.0 cm³/mol. The summed E-state index contributed by atoms with van der Waals surface area (Å²) >= 11 is 1.98. The average molecular weight is 296 g/mol. The van der Waals surface area contributed by atoms with Gasteiger partial charge in [-0.15, -0.1) is 0 Å². The van der Waals surface area contributed by atoms with Crippen LogP contribution in [0.5, 0.6) is 0 Å². The number of carbonyl (C=O) groups is 1. The van der Waals surface area contributed by atoms with Crippen LogP contribution in [0.15, 0.2) is 0 Å². The normalized spacial score (nSPS) is 40.5. The lowest BCUT2D eigenvalue weighted by Gasteiger charge is -2.31. The number of fused-ring (bicyclic) bond motifs is 2. The highest BCUT2D eigenvalue weighted by Gasteiger charge is 2.34. The zero-order chi connectivity index (χ0) is 13.9. The Bertz CT molecular complexity index is 329. The Labute approximate surface area is 127 Å². The van der Waals surface area contributed by atoms with Crippen molar-refractivity contribution in [3.63, 3.8) is 0 Å². The molecule has 2 aliphatic heterocycles. The monoisotopic (exact) mass is 296 g/mol.